The summed E-state index contributed by atoms with van der Waals surface area (Å²) in [5.41, 5.74) is 4.06. The first-order valence-corrected chi connectivity index (χ1v) is 12.5. The van der Waals surface area contributed by atoms with Gasteiger partial charge in [0.2, 0.25) is 0 Å². The van der Waals surface area contributed by atoms with Crippen molar-refractivity contribution in [1.82, 2.24) is 16.1 Å². The molecule has 12 nitrogen and oxygen atoms in total. The molecule has 13 heteroatoms. The number of ether oxygens (including phenoxy) is 2. The minimum Gasteiger partial charge on any atom is -0.483 e. The summed E-state index contributed by atoms with van der Waals surface area (Å²) in [7, 11) is 0. The number of nitrogens with zero attached hydrogens (tertiary/aromatic N) is 2. The smallest absolute Gasteiger partial charge is 0.338 e. The Bertz CT molecular complexity index is 1510. The molecule has 0 saturated carbocycles. The average molecular weight is 564 g/mol. The molecular weight excluding hydrogens is 538 g/mol. The van der Waals surface area contributed by atoms with Gasteiger partial charge in [0.25, 0.3) is 11.6 Å². The number of thiocarbonyl (C=S) groups is 1. The van der Waals surface area contributed by atoms with Crippen LogP contribution in [-0.2, 0) is 14.3 Å². The van der Waals surface area contributed by atoms with E-state index in [0.717, 1.165) is 0 Å². The van der Waals surface area contributed by atoms with Crippen LogP contribution in [0.3, 0.4) is 0 Å². The number of para-hydroxylation sites is 2. The van der Waals surface area contributed by atoms with Crippen molar-refractivity contribution in [3.8, 4) is 17.1 Å². The van der Waals surface area contributed by atoms with Gasteiger partial charge in [0.1, 0.15) is 17.3 Å². The molecular formula is C27H25N5O7S. The molecule has 1 aromatic heterocycles. The fourth-order valence-electron chi connectivity index (χ4n) is 4.01. The number of carbonyl (C=O) groups is 2. The van der Waals surface area contributed by atoms with Gasteiger partial charge >= 0.3 is 5.97 Å². The molecule has 0 aliphatic carbocycles. The molecule has 4 rings (SSSR count). The zero-order valence-corrected chi connectivity index (χ0v) is 22.3. The van der Waals surface area contributed by atoms with E-state index in [4.69, 9.17) is 26.1 Å². The Balaban J connectivity index is 1.41. The lowest BCUT2D eigenvalue weighted by Gasteiger charge is -2.30. The number of nitro groups is 1. The Morgan fingerprint density at radius 3 is 2.70 bits per heavy atom. The Labute approximate surface area is 234 Å². The molecule has 3 aromatic rings. The molecule has 0 fully saturated rings. The lowest BCUT2D eigenvalue weighted by atomic mass is 9.95. The Hall–Kier alpha value is -5.04. The molecule has 40 heavy (non-hydrogen) atoms. The Morgan fingerprint density at radius 2 is 1.93 bits per heavy atom. The zero-order chi connectivity index (χ0) is 28.6. The van der Waals surface area contributed by atoms with Gasteiger partial charge in [0, 0.05) is 17.3 Å². The molecule has 0 radical (unpaired) electrons. The maximum absolute atomic E-state index is 12.7. The summed E-state index contributed by atoms with van der Waals surface area (Å²) in [5, 5.41) is 21.5. The molecule has 0 saturated heterocycles. The summed E-state index contributed by atoms with van der Waals surface area (Å²) < 4.78 is 16.6. The summed E-state index contributed by atoms with van der Waals surface area (Å²) in [6, 6.07) is 15.6. The van der Waals surface area contributed by atoms with E-state index in [0.29, 0.717) is 33.3 Å². The fourth-order valence-corrected chi connectivity index (χ4v) is 4.28. The highest BCUT2D eigenvalue weighted by Gasteiger charge is 2.32. The van der Waals surface area contributed by atoms with Crippen LogP contribution in [0.2, 0.25) is 0 Å². The number of nitro benzene ring substituents is 1. The van der Waals surface area contributed by atoms with Crippen LogP contribution in [0.1, 0.15) is 31.2 Å². The summed E-state index contributed by atoms with van der Waals surface area (Å²) in [6.07, 6.45) is 1.27. The van der Waals surface area contributed by atoms with E-state index < -0.39 is 22.8 Å². The number of hydrogen-bond donors (Lipinski definition) is 3. The van der Waals surface area contributed by atoms with Gasteiger partial charge in [0.05, 0.1) is 34.9 Å². The van der Waals surface area contributed by atoms with Crippen molar-refractivity contribution in [2.45, 2.75) is 19.9 Å². The van der Waals surface area contributed by atoms with Crippen LogP contribution in [0, 0.1) is 10.1 Å². The summed E-state index contributed by atoms with van der Waals surface area (Å²) >= 11 is 5.28. The quantitative estimate of drug-likeness (QED) is 0.109. The number of hydrazone groups is 1. The van der Waals surface area contributed by atoms with Crippen LogP contribution in [0.5, 0.6) is 5.75 Å². The number of esters is 1. The number of rotatable bonds is 10. The third-order valence-electron chi connectivity index (χ3n) is 5.73. The largest absolute Gasteiger partial charge is 0.483 e. The Kier molecular flexibility index (Phi) is 8.86. The van der Waals surface area contributed by atoms with E-state index in [1.54, 1.807) is 68.4 Å². The lowest BCUT2D eigenvalue weighted by molar-refractivity contribution is -0.384. The first-order valence-electron chi connectivity index (χ1n) is 12.1. The van der Waals surface area contributed by atoms with Gasteiger partial charge in [-0.1, -0.05) is 30.3 Å². The molecule has 1 atom stereocenters. The molecule has 206 valence electrons. The van der Waals surface area contributed by atoms with Crippen molar-refractivity contribution in [3.05, 3.63) is 93.4 Å². The van der Waals surface area contributed by atoms with Crippen LogP contribution >= 0.6 is 12.2 Å². The molecule has 3 N–H and O–H groups in total. The lowest BCUT2D eigenvalue weighted by Crippen LogP contribution is -2.45. The Morgan fingerprint density at radius 1 is 1.18 bits per heavy atom. The first-order chi connectivity index (χ1) is 19.3. The number of benzene rings is 2. The maximum Gasteiger partial charge on any atom is 0.338 e. The number of amides is 1. The number of allylic oxidation sites excluding steroid dienone is 1. The number of furan rings is 1. The predicted molar refractivity (Wildman–Crippen MR) is 149 cm³/mol. The summed E-state index contributed by atoms with van der Waals surface area (Å²) in [6.45, 7) is 3.28. The molecule has 0 spiro atoms. The van der Waals surface area contributed by atoms with E-state index in [1.165, 1.54) is 12.3 Å². The van der Waals surface area contributed by atoms with Gasteiger partial charge < -0.3 is 24.5 Å². The van der Waals surface area contributed by atoms with Gasteiger partial charge in [-0.05, 0) is 50.3 Å². The second-order valence-corrected chi connectivity index (χ2v) is 8.79. The summed E-state index contributed by atoms with van der Waals surface area (Å²) in [5.74, 6) is -0.127. The van der Waals surface area contributed by atoms with Crippen molar-refractivity contribution in [1.29, 1.82) is 0 Å². The van der Waals surface area contributed by atoms with E-state index in [-0.39, 0.29) is 30.4 Å². The highest BCUT2D eigenvalue weighted by Crippen LogP contribution is 2.34. The number of hydrogen-bond acceptors (Lipinski definition) is 9. The average Bonchev–Trinajstić information content (AvgIpc) is 3.40. The fraction of sp³-hybridized carbons (Fsp3) is 0.185. The molecule has 0 bridgehead atoms. The monoisotopic (exact) mass is 563 g/mol. The molecule has 0 unspecified atom stereocenters. The van der Waals surface area contributed by atoms with E-state index in [2.05, 4.69) is 21.2 Å². The van der Waals surface area contributed by atoms with E-state index >= 15 is 0 Å². The van der Waals surface area contributed by atoms with E-state index in [1.807, 2.05) is 0 Å². The minimum atomic E-state index is -0.654. The van der Waals surface area contributed by atoms with Crippen LogP contribution < -0.4 is 20.8 Å². The normalized spacial score (nSPS) is 14.8. The van der Waals surface area contributed by atoms with Crippen LogP contribution in [-0.4, -0.2) is 41.3 Å². The second kappa shape index (κ2) is 12.7. The van der Waals surface area contributed by atoms with Gasteiger partial charge in [-0.25, -0.2) is 10.2 Å². The third kappa shape index (κ3) is 6.50. The first kappa shape index (κ1) is 28.0. The number of carbonyl (C=O) groups excluding carboxylic acids is 2. The second-order valence-electron chi connectivity index (χ2n) is 8.39. The van der Waals surface area contributed by atoms with Crippen molar-refractivity contribution < 1.29 is 28.4 Å². The third-order valence-corrected chi connectivity index (χ3v) is 5.95. The van der Waals surface area contributed by atoms with Crippen LogP contribution in [0.15, 0.2) is 81.5 Å². The van der Waals surface area contributed by atoms with Gasteiger partial charge in [-0.15, -0.1) is 0 Å². The van der Waals surface area contributed by atoms with E-state index in [9.17, 15) is 19.7 Å². The van der Waals surface area contributed by atoms with Gasteiger partial charge in [-0.3, -0.25) is 14.9 Å². The van der Waals surface area contributed by atoms with Crippen molar-refractivity contribution in [2.24, 2.45) is 5.10 Å². The van der Waals surface area contributed by atoms with Crippen molar-refractivity contribution >= 4 is 41.1 Å². The minimum absolute atomic E-state index is 0.0902. The topological polar surface area (TPSA) is 157 Å². The zero-order valence-electron chi connectivity index (χ0n) is 21.5. The summed E-state index contributed by atoms with van der Waals surface area (Å²) in [4.78, 5) is 35.9. The molecule has 1 amide bonds. The maximum atomic E-state index is 12.7. The van der Waals surface area contributed by atoms with Gasteiger partial charge in [-0.2, -0.15) is 5.10 Å². The SMILES string of the molecule is CCOC(=O)C1=C(C)NC(=S)N[C@H]1c1ccccc1OCC(=O)NN=Cc1ccc(-c2ccccc2[N+](=O)[O-])o1. The highest BCUT2D eigenvalue weighted by atomic mass is 32.1. The van der Waals surface area contributed by atoms with Crippen LogP contribution in [0.4, 0.5) is 5.69 Å². The highest BCUT2D eigenvalue weighted by molar-refractivity contribution is 7.80. The van der Waals surface area contributed by atoms with Crippen LogP contribution in [0.25, 0.3) is 11.3 Å². The predicted octanol–water partition coefficient (Wildman–Crippen LogP) is 3.74. The molecule has 1 aliphatic heterocycles. The molecule has 1 aliphatic rings. The molecule has 2 aromatic carbocycles. The van der Waals surface area contributed by atoms with Crippen molar-refractivity contribution in [2.75, 3.05) is 13.2 Å². The standard InChI is InChI=1S/C27H25N5O7S/c1-3-37-26(34)24-16(2)29-27(40)30-25(24)19-9-5-7-11-21(19)38-15-23(33)31-28-14-17-12-13-22(39-17)18-8-4-6-10-20(18)32(35)36/h4-14,25H,3,15H2,1-2H3,(H,31,33)(H2,29,30,40)/t25-/m0/s1. The van der Waals surface area contributed by atoms with Crippen molar-refractivity contribution in [3.63, 3.8) is 0 Å². The number of nitrogens with one attached hydrogen (secondary N) is 3. The molecule has 2 heterocycles. The van der Waals surface area contributed by atoms with Gasteiger partial charge in [0.15, 0.2) is 11.7 Å².